The van der Waals surface area contributed by atoms with Crippen molar-refractivity contribution in [3.8, 4) is 0 Å². The topological polar surface area (TPSA) is 160 Å². The molecule has 0 radical (unpaired) electrons. The van der Waals surface area contributed by atoms with E-state index in [1.165, 1.54) is 32.1 Å². The molecule has 0 saturated carbocycles. The molecule has 0 aromatic heterocycles. The third-order valence-corrected chi connectivity index (χ3v) is 7.98. The van der Waals surface area contributed by atoms with Crippen LogP contribution in [0.25, 0.3) is 0 Å². The zero-order valence-corrected chi connectivity index (χ0v) is 30.7. The second-order valence-electron chi connectivity index (χ2n) is 12.6. The molecule has 4 N–H and O–H groups in total. The van der Waals surface area contributed by atoms with Crippen molar-refractivity contribution in [2.24, 2.45) is 5.92 Å². The van der Waals surface area contributed by atoms with Gasteiger partial charge in [0.1, 0.15) is 6.61 Å². The summed E-state index contributed by atoms with van der Waals surface area (Å²) in [7, 11) is -4.82. The van der Waals surface area contributed by atoms with E-state index in [-0.39, 0.29) is 32.1 Å². The number of carbonyl (C=O) groups is 2. The number of ether oxygens (including phenoxy) is 2. The van der Waals surface area contributed by atoms with Crippen LogP contribution in [0.2, 0.25) is 0 Å². The minimum atomic E-state index is -4.82. The van der Waals surface area contributed by atoms with Crippen LogP contribution in [0.15, 0.2) is 48.6 Å². The highest BCUT2D eigenvalue weighted by atomic mass is 31.2. The molecule has 0 aromatic rings. The van der Waals surface area contributed by atoms with Crippen molar-refractivity contribution < 1.29 is 48.2 Å². The van der Waals surface area contributed by atoms with Gasteiger partial charge >= 0.3 is 19.8 Å². The van der Waals surface area contributed by atoms with Crippen molar-refractivity contribution in [2.45, 2.75) is 155 Å². The summed E-state index contributed by atoms with van der Waals surface area (Å²) in [5.74, 6) is -0.430. The minimum Gasteiger partial charge on any atom is -0.462 e. The number of aliphatic hydroxyl groups excluding tert-OH is 2. The minimum absolute atomic E-state index is 0.0501. The molecular weight excluding hydrogens is 635 g/mol. The van der Waals surface area contributed by atoms with Gasteiger partial charge in [0.2, 0.25) is 0 Å². The molecule has 0 aliphatic rings. The highest BCUT2D eigenvalue weighted by Gasteiger charge is 2.23. The van der Waals surface area contributed by atoms with Gasteiger partial charge in [-0.3, -0.25) is 14.1 Å². The highest BCUT2D eigenvalue weighted by Crippen LogP contribution is 2.36. The molecule has 48 heavy (non-hydrogen) atoms. The second-order valence-corrected chi connectivity index (χ2v) is 13.8. The molecule has 0 unspecified atom stereocenters. The second kappa shape index (κ2) is 30.9. The fourth-order valence-electron chi connectivity index (χ4n) is 4.70. The van der Waals surface area contributed by atoms with Crippen LogP contribution in [0.1, 0.15) is 136 Å². The van der Waals surface area contributed by atoms with Gasteiger partial charge in [-0.2, -0.15) is 0 Å². The van der Waals surface area contributed by atoms with Gasteiger partial charge in [0.05, 0.1) is 18.8 Å². The quantitative estimate of drug-likeness (QED) is 0.0240. The lowest BCUT2D eigenvalue weighted by Gasteiger charge is -2.19. The summed E-state index contributed by atoms with van der Waals surface area (Å²) in [6, 6.07) is 0. The lowest BCUT2D eigenvalue weighted by molar-refractivity contribution is -0.161. The number of phosphoric acid groups is 1. The first-order chi connectivity index (χ1) is 22.9. The third-order valence-electron chi connectivity index (χ3n) is 7.49. The molecule has 0 spiro atoms. The molecule has 10 nitrogen and oxygen atoms in total. The van der Waals surface area contributed by atoms with Crippen LogP contribution in [0, 0.1) is 5.92 Å². The molecule has 0 bridgehead atoms. The maximum Gasteiger partial charge on any atom is 0.469 e. The summed E-state index contributed by atoms with van der Waals surface area (Å²) in [6.45, 7) is 5.54. The Balaban J connectivity index is 4.27. The van der Waals surface area contributed by atoms with E-state index in [0.29, 0.717) is 6.42 Å². The molecule has 0 amide bonds. The van der Waals surface area contributed by atoms with Gasteiger partial charge in [-0.05, 0) is 57.3 Å². The SMILES string of the molecule is CC/C=C\C/C=C\C/C=C\C/C=C\C[C@H](O)[C@@H](O)CCCC(=O)OC[C@H](COP(=O)(O)O)OC(=O)CCCCCCCCCCC(C)C. The zero-order chi connectivity index (χ0) is 35.9. The summed E-state index contributed by atoms with van der Waals surface area (Å²) in [5.41, 5.74) is 0. The Morgan fingerprint density at radius 3 is 1.73 bits per heavy atom. The summed E-state index contributed by atoms with van der Waals surface area (Å²) in [5, 5.41) is 20.5. The molecule has 0 rings (SSSR count). The molecule has 0 saturated heterocycles. The lowest BCUT2D eigenvalue weighted by atomic mass is 10.0. The predicted molar refractivity (Wildman–Crippen MR) is 191 cm³/mol. The van der Waals surface area contributed by atoms with Gasteiger partial charge in [-0.25, -0.2) is 4.57 Å². The Morgan fingerprint density at radius 1 is 0.646 bits per heavy atom. The zero-order valence-electron chi connectivity index (χ0n) is 29.8. The van der Waals surface area contributed by atoms with E-state index in [1.54, 1.807) is 0 Å². The van der Waals surface area contributed by atoms with E-state index in [1.807, 2.05) is 18.2 Å². The first-order valence-corrected chi connectivity index (χ1v) is 19.5. The highest BCUT2D eigenvalue weighted by molar-refractivity contribution is 7.46. The van der Waals surface area contributed by atoms with Crippen molar-refractivity contribution in [1.82, 2.24) is 0 Å². The van der Waals surface area contributed by atoms with Crippen LogP contribution in [0.5, 0.6) is 0 Å². The molecule has 278 valence electrons. The maximum absolute atomic E-state index is 12.3. The normalized spacial score (nSPS) is 14.5. The van der Waals surface area contributed by atoms with E-state index < -0.39 is 51.3 Å². The number of hydrogen-bond donors (Lipinski definition) is 4. The molecule has 0 aliphatic heterocycles. The molecule has 11 heteroatoms. The summed E-state index contributed by atoms with van der Waals surface area (Å²) < 4.78 is 26.1. The average molecular weight is 701 g/mol. The fraction of sp³-hybridized carbons (Fsp3) is 0.730. The number of hydrogen-bond acceptors (Lipinski definition) is 8. The Morgan fingerprint density at radius 2 is 1.17 bits per heavy atom. The van der Waals surface area contributed by atoms with Crippen LogP contribution >= 0.6 is 7.82 Å². The monoisotopic (exact) mass is 700 g/mol. The van der Waals surface area contributed by atoms with Gasteiger partial charge in [0.15, 0.2) is 6.10 Å². The largest absolute Gasteiger partial charge is 0.469 e. The molecular formula is C37H65O10P. The van der Waals surface area contributed by atoms with E-state index >= 15 is 0 Å². The van der Waals surface area contributed by atoms with Crippen LogP contribution in [0.3, 0.4) is 0 Å². The lowest BCUT2D eigenvalue weighted by Crippen LogP contribution is -2.29. The van der Waals surface area contributed by atoms with E-state index in [2.05, 4.69) is 55.7 Å². The van der Waals surface area contributed by atoms with E-state index in [4.69, 9.17) is 19.3 Å². The van der Waals surface area contributed by atoms with Crippen LogP contribution in [-0.4, -0.2) is 63.5 Å². The number of phosphoric ester groups is 1. The molecule has 0 heterocycles. The van der Waals surface area contributed by atoms with Gasteiger partial charge < -0.3 is 29.5 Å². The van der Waals surface area contributed by atoms with Crippen LogP contribution in [0.4, 0.5) is 0 Å². The van der Waals surface area contributed by atoms with Crippen LogP contribution in [-0.2, 0) is 28.2 Å². The van der Waals surface area contributed by atoms with Crippen LogP contribution < -0.4 is 0 Å². The van der Waals surface area contributed by atoms with Crippen molar-refractivity contribution in [1.29, 1.82) is 0 Å². The maximum atomic E-state index is 12.3. The predicted octanol–water partition coefficient (Wildman–Crippen LogP) is 8.20. The number of unbranched alkanes of at least 4 members (excludes halogenated alkanes) is 7. The van der Waals surface area contributed by atoms with E-state index in [9.17, 15) is 24.4 Å². The first kappa shape index (κ1) is 45.9. The Bertz CT molecular complexity index is 969. The number of carbonyl (C=O) groups excluding carboxylic acids is 2. The van der Waals surface area contributed by atoms with Crippen molar-refractivity contribution >= 4 is 19.8 Å². The Kier molecular flexibility index (Phi) is 29.6. The van der Waals surface area contributed by atoms with Gasteiger partial charge in [0.25, 0.3) is 0 Å². The van der Waals surface area contributed by atoms with E-state index in [0.717, 1.165) is 50.9 Å². The molecule has 3 atom stereocenters. The average Bonchev–Trinajstić information content (AvgIpc) is 3.03. The Labute approximate surface area is 290 Å². The first-order valence-electron chi connectivity index (χ1n) is 18.0. The number of rotatable bonds is 31. The number of allylic oxidation sites excluding steroid dienone is 7. The molecule has 0 aromatic carbocycles. The fourth-order valence-corrected chi connectivity index (χ4v) is 5.06. The summed E-state index contributed by atoms with van der Waals surface area (Å²) in [6.07, 6.45) is 27.5. The van der Waals surface area contributed by atoms with Gasteiger partial charge in [-0.1, -0.05) is 121 Å². The Hall–Kier alpha value is -2.07. The summed E-state index contributed by atoms with van der Waals surface area (Å²) >= 11 is 0. The molecule has 0 fully saturated rings. The van der Waals surface area contributed by atoms with Crippen molar-refractivity contribution in [3.63, 3.8) is 0 Å². The van der Waals surface area contributed by atoms with Crippen molar-refractivity contribution in [3.05, 3.63) is 48.6 Å². The standard InChI is InChI=1S/C37H65O10P/c1-4-5-6-7-8-9-10-11-12-16-19-22-26-34(38)35(39)27-24-29-36(40)45-30-33(31-46-48(42,43)44)47-37(41)28-23-20-17-14-13-15-18-21-25-32(2)3/h5-6,8-9,11-12,19,22,32-35,38-39H,4,7,10,13-18,20-21,23-31H2,1-3H3,(H2,42,43,44)/b6-5-,9-8-,12-11-,22-19-/t33-,34+,35+/m1/s1. The smallest absolute Gasteiger partial charge is 0.462 e. The third kappa shape index (κ3) is 32.5. The van der Waals surface area contributed by atoms with Gasteiger partial charge in [0, 0.05) is 12.8 Å². The van der Waals surface area contributed by atoms with Crippen molar-refractivity contribution in [2.75, 3.05) is 13.2 Å². The number of esters is 2. The summed E-state index contributed by atoms with van der Waals surface area (Å²) in [4.78, 5) is 42.6. The number of aliphatic hydroxyl groups is 2. The van der Waals surface area contributed by atoms with Gasteiger partial charge in [-0.15, -0.1) is 0 Å². The molecule has 0 aliphatic carbocycles.